The lowest BCUT2D eigenvalue weighted by molar-refractivity contribution is 0.0697. The highest BCUT2D eigenvalue weighted by atomic mass is 16.4. The van der Waals surface area contributed by atoms with Gasteiger partial charge in [0.2, 0.25) is 0 Å². The second-order valence-corrected chi connectivity index (χ2v) is 5.56. The minimum Gasteiger partial charge on any atom is -0.478 e. The topological polar surface area (TPSA) is 62.2 Å². The van der Waals surface area contributed by atoms with E-state index in [1.807, 2.05) is 31.2 Å². The molecular formula is C16H20N2O2. The SMILES string of the molecule is CC(C)CC(C)Nc1nc2ccccc2cc1C(=O)O. The fourth-order valence-electron chi connectivity index (χ4n) is 2.39. The largest absolute Gasteiger partial charge is 0.478 e. The lowest BCUT2D eigenvalue weighted by Crippen LogP contribution is -2.20. The van der Waals surface area contributed by atoms with Gasteiger partial charge >= 0.3 is 5.97 Å². The van der Waals surface area contributed by atoms with Crippen molar-refractivity contribution in [2.24, 2.45) is 5.92 Å². The van der Waals surface area contributed by atoms with Crippen molar-refractivity contribution in [3.63, 3.8) is 0 Å². The first-order chi connectivity index (χ1) is 9.47. The van der Waals surface area contributed by atoms with Crippen molar-refractivity contribution in [2.75, 3.05) is 5.32 Å². The summed E-state index contributed by atoms with van der Waals surface area (Å²) in [6, 6.07) is 9.40. The number of carbonyl (C=O) groups is 1. The van der Waals surface area contributed by atoms with E-state index in [4.69, 9.17) is 0 Å². The molecule has 0 fully saturated rings. The van der Waals surface area contributed by atoms with Crippen LogP contribution >= 0.6 is 0 Å². The van der Waals surface area contributed by atoms with Gasteiger partial charge in [-0.3, -0.25) is 0 Å². The fraction of sp³-hybridized carbons (Fsp3) is 0.375. The summed E-state index contributed by atoms with van der Waals surface area (Å²) in [5, 5.41) is 13.4. The summed E-state index contributed by atoms with van der Waals surface area (Å²) in [7, 11) is 0. The van der Waals surface area contributed by atoms with Gasteiger partial charge < -0.3 is 10.4 Å². The molecule has 20 heavy (non-hydrogen) atoms. The summed E-state index contributed by atoms with van der Waals surface area (Å²) < 4.78 is 0. The molecule has 0 saturated heterocycles. The van der Waals surface area contributed by atoms with Gasteiger partial charge in [-0.15, -0.1) is 0 Å². The van der Waals surface area contributed by atoms with E-state index in [0.717, 1.165) is 17.3 Å². The van der Waals surface area contributed by atoms with Gasteiger partial charge in [0.15, 0.2) is 0 Å². The van der Waals surface area contributed by atoms with Crippen LogP contribution in [0.5, 0.6) is 0 Å². The molecule has 0 aliphatic rings. The van der Waals surface area contributed by atoms with Gasteiger partial charge in [-0.2, -0.15) is 0 Å². The first-order valence-electron chi connectivity index (χ1n) is 6.87. The molecule has 0 amide bonds. The predicted molar refractivity (Wildman–Crippen MR) is 81.2 cm³/mol. The van der Waals surface area contributed by atoms with Gasteiger partial charge in [0.25, 0.3) is 0 Å². The number of rotatable bonds is 5. The monoisotopic (exact) mass is 272 g/mol. The number of hydrogen-bond acceptors (Lipinski definition) is 3. The van der Waals surface area contributed by atoms with E-state index in [0.29, 0.717) is 11.7 Å². The summed E-state index contributed by atoms with van der Waals surface area (Å²) in [6.07, 6.45) is 0.966. The number of anilines is 1. The minimum absolute atomic E-state index is 0.182. The third-order valence-electron chi connectivity index (χ3n) is 3.16. The van der Waals surface area contributed by atoms with Gasteiger partial charge in [-0.05, 0) is 31.4 Å². The molecule has 4 nitrogen and oxygen atoms in total. The van der Waals surface area contributed by atoms with E-state index in [9.17, 15) is 9.90 Å². The molecule has 0 aliphatic heterocycles. The predicted octanol–water partition coefficient (Wildman–Crippen LogP) is 3.78. The van der Waals surface area contributed by atoms with Gasteiger partial charge in [-0.25, -0.2) is 9.78 Å². The number of fused-ring (bicyclic) bond motifs is 1. The van der Waals surface area contributed by atoms with E-state index in [2.05, 4.69) is 24.1 Å². The molecule has 1 atom stereocenters. The van der Waals surface area contributed by atoms with Crippen LogP contribution in [0.1, 0.15) is 37.6 Å². The number of carboxylic acid groups (broad SMARTS) is 1. The van der Waals surface area contributed by atoms with Gasteiger partial charge in [0.05, 0.1) is 5.52 Å². The van der Waals surface area contributed by atoms with Gasteiger partial charge in [0.1, 0.15) is 11.4 Å². The molecule has 1 unspecified atom stereocenters. The maximum atomic E-state index is 11.4. The van der Waals surface area contributed by atoms with E-state index in [1.54, 1.807) is 6.07 Å². The Kier molecular flexibility index (Phi) is 4.23. The lowest BCUT2D eigenvalue weighted by Gasteiger charge is -2.18. The molecule has 2 aromatic rings. The zero-order valence-electron chi connectivity index (χ0n) is 12.1. The molecule has 2 rings (SSSR count). The van der Waals surface area contributed by atoms with Crippen molar-refractivity contribution in [3.05, 3.63) is 35.9 Å². The van der Waals surface area contributed by atoms with Crippen LogP contribution in [0.4, 0.5) is 5.82 Å². The standard InChI is InChI=1S/C16H20N2O2/c1-10(2)8-11(3)17-15-13(16(19)20)9-12-6-4-5-7-14(12)18-15/h4-7,9-11H,8H2,1-3H3,(H,17,18)(H,19,20). The van der Waals surface area contributed by atoms with E-state index < -0.39 is 5.97 Å². The Morgan fingerprint density at radius 1 is 1.30 bits per heavy atom. The molecule has 4 heteroatoms. The average molecular weight is 272 g/mol. The van der Waals surface area contributed by atoms with Crippen LogP contribution in [-0.2, 0) is 0 Å². The summed E-state index contributed by atoms with van der Waals surface area (Å²) >= 11 is 0. The Morgan fingerprint density at radius 2 is 2.00 bits per heavy atom. The van der Waals surface area contributed by atoms with Gasteiger partial charge in [-0.1, -0.05) is 32.0 Å². The Morgan fingerprint density at radius 3 is 2.65 bits per heavy atom. The Balaban J connectivity index is 2.39. The van der Waals surface area contributed by atoms with Gasteiger partial charge in [0, 0.05) is 11.4 Å². The number of aromatic carboxylic acids is 1. The number of benzene rings is 1. The third-order valence-corrected chi connectivity index (χ3v) is 3.16. The number of aromatic nitrogens is 1. The Hall–Kier alpha value is -2.10. The van der Waals surface area contributed by atoms with Crippen LogP contribution in [0.3, 0.4) is 0 Å². The highest BCUT2D eigenvalue weighted by Gasteiger charge is 2.15. The first kappa shape index (κ1) is 14.3. The summed E-state index contributed by atoms with van der Waals surface area (Å²) in [6.45, 7) is 6.33. The first-order valence-corrected chi connectivity index (χ1v) is 6.87. The smallest absolute Gasteiger partial charge is 0.339 e. The maximum absolute atomic E-state index is 11.4. The second-order valence-electron chi connectivity index (χ2n) is 5.56. The molecular weight excluding hydrogens is 252 g/mol. The highest BCUT2D eigenvalue weighted by Crippen LogP contribution is 2.22. The lowest BCUT2D eigenvalue weighted by atomic mass is 10.0. The summed E-state index contributed by atoms with van der Waals surface area (Å²) in [5.41, 5.74) is 1.02. The van der Waals surface area contributed by atoms with Crippen LogP contribution < -0.4 is 5.32 Å². The second kappa shape index (κ2) is 5.90. The van der Waals surface area contributed by atoms with E-state index in [-0.39, 0.29) is 11.6 Å². The van der Waals surface area contributed by atoms with Crippen molar-refractivity contribution in [2.45, 2.75) is 33.2 Å². The highest BCUT2D eigenvalue weighted by molar-refractivity contribution is 5.98. The quantitative estimate of drug-likeness (QED) is 0.869. The summed E-state index contributed by atoms with van der Waals surface area (Å²) in [4.78, 5) is 15.8. The molecule has 106 valence electrons. The van der Waals surface area contributed by atoms with Crippen LogP contribution in [0.25, 0.3) is 10.9 Å². The normalized spacial score (nSPS) is 12.6. The molecule has 0 aliphatic carbocycles. The number of nitrogens with zero attached hydrogens (tertiary/aromatic N) is 1. The molecule has 1 aromatic carbocycles. The maximum Gasteiger partial charge on any atom is 0.339 e. The fourth-order valence-corrected chi connectivity index (χ4v) is 2.39. The van der Waals surface area contributed by atoms with E-state index in [1.165, 1.54) is 0 Å². The zero-order valence-corrected chi connectivity index (χ0v) is 12.1. The van der Waals surface area contributed by atoms with Crippen LogP contribution in [0.2, 0.25) is 0 Å². The molecule has 0 bridgehead atoms. The molecule has 0 radical (unpaired) electrons. The molecule has 1 aromatic heterocycles. The average Bonchev–Trinajstić information content (AvgIpc) is 2.36. The summed E-state index contributed by atoms with van der Waals surface area (Å²) in [5.74, 6) is 0.0399. The number of pyridine rings is 1. The number of carboxylic acids is 1. The van der Waals surface area contributed by atoms with Crippen LogP contribution in [0.15, 0.2) is 30.3 Å². The number of hydrogen-bond donors (Lipinski definition) is 2. The third kappa shape index (κ3) is 3.26. The Labute approximate surface area is 118 Å². The molecule has 0 spiro atoms. The number of nitrogens with one attached hydrogen (secondary N) is 1. The van der Waals surface area contributed by atoms with Crippen LogP contribution in [-0.4, -0.2) is 22.1 Å². The Bertz CT molecular complexity index is 623. The zero-order chi connectivity index (χ0) is 14.7. The van der Waals surface area contributed by atoms with Crippen molar-refractivity contribution in [1.82, 2.24) is 4.98 Å². The minimum atomic E-state index is -0.956. The van der Waals surface area contributed by atoms with Crippen molar-refractivity contribution < 1.29 is 9.90 Å². The molecule has 1 heterocycles. The molecule has 2 N–H and O–H groups in total. The van der Waals surface area contributed by atoms with E-state index >= 15 is 0 Å². The van der Waals surface area contributed by atoms with Crippen molar-refractivity contribution in [3.8, 4) is 0 Å². The van der Waals surface area contributed by atoms with Crippen molar-refractivity contribution >= 4 is 22.7 Å². The molecule has 0 saturated carbocycles. The van der Waals surface area contributed by atoms with Crippen LogP contribution in [0, 0.1) is 5.92 Å². The van der Waals surface area contributed by atoms with Crippen molar-refractivity contribution in [1.29, 1.82) is 0 Å². The number of para-hydroxylation sites is 1.